The molecular formula is C19H28N4O9. The van der Waals surface area contributed by atoms with Gasteiger partial charge in [-0.15, -0.1) is 0 Å². The SMILES string of the molecule is CC(O)C(NC(=O)C(Cc1ccc(O)cc1)NC(=O)C(N)CO)C(=O)NC(CO)C(=O)O. The summed E-state index contributed by atoms with van der Waals surface area (Å²) in [6.45, 7) is -0.426. The van der Waals surface area contributed by atoms with Crippen LogP contribution in [-0.4, -0.2) is 92.7 Å². The van der Waals surface area contributed by atoms with Crippen molar-refractivity contribution in [3.05, 3.63) is 29.8 Å². The van der Waals surface area contributed by atoms with Crippen molar-refractivity contribution >= 4 is 23.7 Å². The van der Waals surface area contributed by atoms with Crippen LogP contribution >= 0.6 is 0 Å². The summed E-state index contributed by atoms with van der Waals surface area (Å²) in [5, 5.41) is 52.9. The fraction of sp³-hybridized carbons (Fsp3) is 0.474. The second kappa shape index (κ2) is 12.6. The molecule has 0 spiro atoms. The number of hydrogen-bond acceptors (Lipinski definition) is 9. The number of carbonyl (C=O) groups is 4. The van der Waals surface area contributed by atoms with E-state index in [0.29, 0.717) is 5.56 Å². The Morgan fingerprint density at radius 3 is 1.94 bits per heavy atom. The zero-order valence-electron chi connectivity index (χ0n) is 17.3. The highest BCUT2D eigenvalue weighted by molar-refractivity contribution is 5.94. The van der Waals surface area contributed by atoms with E-state index in [1.54, 1.807) is 0 Å². The van der Waals surface area contributed by atoms with Crippen LogP contribution in [0, 0.1) is 0 Å². The maximum absolute atomic E-state index is 12.8. The van der Waals surface area contributed by atoms with Gasteiger partial charge in [0.15, 0.2) is 0 Å². The Morgan fingerprint density at radius 2 is 1.47 bits per heavy atom. The Morgan fingerprint density at radius 1 is 0.906 bits per heavy atom. The van der Waals surface area contributed by atoms with Gasteiger partial charge in [0.05, 0.1) is 19.3 Å². The van der Waals surface area contributed by atoms with Crippen molar-refractivity contribution in [3.8, 4) is 5.75 Å². The molecule has 0 saturated heterocycles. The molecule has 13 heteroatoms. The molecule has 13 nitrogen and oxygen atoms in total. The molecule has 0 bridgehead atoms. The lowest BCUT2D eigenvalue weighted by molar-refractivity contribution is -0.144. The monoisotopic (exact) mass is 456 g/mol. The molecule has 5 atom stereocenters. The minimum Gasteiger partial charge on any atom is -0.508 e. The molecule has 1 aromatic carbocycles. The van der Waals surface area contributed by atoms with E-state index < -0.39 is 67.2 Å². The van der Waals surface area contributed by atoms with Crippen molar-refractivity contribution in [2.45, 2.75) is 43.6 Å². The molecule has 5 unspecified atom stereocenters. The van der Waals surface area contributed by atoms with Gasteiger partial charge in [-0.25, -0.2) is 4.79 Å². The third-order valence-electron chi connectivity index (χ3n) is 4.40. The highest BCUT2D eigenvalue weighted by Crippen LogP contribution is 2.12. The number of carbonyl (C=O) groups excluding carboxylic acids is 3. The summed E-state index contributed by atoms with van der Waals surface area (Å²) in [6, 6.07) is -0.181. The summed E-state index contributed by atoms with van der Waals surface area (Å²) in [5.41, 5.74) is 5.98. The van der Waals surface area contributed by atoms with Gasteiger partial charge in [0.1, 0.15) is 29.9 Å². The molecule has 0 aliphatic rings. The fourth-order valence-electron chi connectivity index (χ4n) is 2.54. The molecule has 0 aliphatic carbocycles. The van der Waals surface area contributed by atoms with Gasteiger partial charge in [-0.05, 0) is 24.6 Å². The molecule has 0 saturated carbocycles. The highest BCUT2D eigenvalue weighted by atomic mass is 16.4. The summed E-state index contributed by atoms with van der Waals surface area (Å²) in [4.78, 5) is 48.3. The molecule has 0 radical (unpaired) electrons. The van der Waals surface area contributed by atoms with E-state index in [9.17, 15) is 29.4 Å². The van der Waals surface area contributed by atoms with Gasteiger partial charge in [0, 0.05) is 6.42 Å². The number of carboxylic acids is 1. The first-order chi connectivity index (χ1) is 15.0. The van der Waals surface area contributed by atoms with Crippen LogP contribution in [0.5, 0.6) is 5.75 Å². The molecule has 1 aromatic rings. The Balaban J connectivity index is 3.05. The number of nitrogens with one attached hydrogen (secondary N) is 3. The lowest BCUT2D eigenvalue weighted by atomic mass is 10.0. The zero-order valence-corrected chi connectivity index (χ0v) is 17.3. The minimum atomic E-state index is -1.66. The molecule has 178 valence electrons. The number of hydrogen-bond donors (Lipinski definition) is 9. The summed E-state index contributed by atoms with van der Waals surface area (Å²) in [7, 11) is 0. The molecule has 1 rings (SSSR count). The van der Waals surface area contributed by atoms with Crippen molar-refractivity contribution < 1.29 is 44.7 Å². The molecule has 0 heterocycles. The quantitative estimate of drug-likeness (QED) is 0.149. The van der Waals surface area contributed by atoms with Crippen molar-refractivity contribution in [2.24, 2.45) is 5.73 Å². The Bertz CT molecular complexity index is 800. The van der Waals surface area contributed by atoms with E-state index in [1.165, 1.54) is 31.2 Å². The van der Waals surface area contributed by atoms with E-state index in [2.05, 4.69) is 10.6 Å². The lowest BCUT2D eigenvalue weighted by Gasteiger charge is -2.26. The van der Waals surface area contributed by atoms with E-state index in [4.69, 9.17) is 21.1 Å². The number of aliphatic hydroxyl groups excluding tert-OH is 3. The van der Waals surface area contributed by atoms with E-state index in [0.717, 1.165) is 0 Å². The number of amides is 3. The summed E-state index contributed by atoms with van der Waals surface area (Å²) in [6.07, 6.45) is -1.56. The number of aromatic hydroxyl groups is 1. The fourth-order valence-corrected chi connectivity index (χ4v) is 2.54. The Kier molecular flexibility index (Phi) is 10.5. The zero-order chi connectivity index (χ0) is 24.4. The van der Waals surface area contributed by atoms with Crippen LogP contribution in [0.25, 0.3) is 0 Å². The van der Waals surface area contributed by atoms with Crippen LogP contribution < -0.4 is 21.7 Å². The molecule has 0 aliphatic heterocycles. The van der Waals surface area contributed by atoms with Gasteiger partial charge in [-0.3, -0.25) is 14.4 Å². The second-order valence-corrected chi connectivity index (χ2v) is 7.03. The van der Waals surface area contributed by atoms with Gasteiger partial charge in [-0.2, -0.15) is 0 Å². The molecule has 32 heavy (non-hydrogen) atoms. The lowest BCUT2D eigenvalue weighted by Crippen LogP contribution is -2.60. The molecule has 3 amide bonds. The molecular weight excluding hydrogens is 428 g/mol. The van der Waals surface area contributed by atoms with Crippen LogP contribution in [0.2, 0.25) is 0 Å². The maximum atomic E-state index is 12.8. The number of aliphatic carboxylic acids is 1. The van der Waals surface area contributed by atoms with Crippen molar-refractivity contribution in [2.75, 3.05) is 13.2 Å². The predicted octanol–water partition coefficient (Wildman–Crippen LogP) is -3.83. The Labute approximate surface area is 183 Å². The standard InChI is InChI=1S/C19H28N4O9/c1-9(26)15(18(30)22-14(8-25)19(31)32)23-17(29)13(21-16(28)12(20)7-24)6-10-2-4-11(27)5-3-10/h2-5,9,12-15,24-27H,6-8,20H2,1H3,(H,21,28)(H,22,30)(H,23,29)(H,31,32). The summed E-state index contributed by atoms with van der Waals surface area (Å²) in [5.74, 6) is -4.38. The first-order valence-corrected chi connectivity index (χ1v) is 9.57. The molecule has 10 N–H and O–H groups in total. The Hall–Kier alpha value is -3.26. The number of rotatable bonds is 12. The van der Waals surface area contributed by atoms with Crippen molar-refractivity contribution in [1.29, 1.82) is 0 Å². The number of phenolic OH excluding ortho intramolecular Hbond substituents is 1. The van der Waals surface area contributed by atoms with Crippen LogP contribution in [0.15, 0.2) is 24.3 Å². The summed E-state index contributed by atoms with van der Waals surface area (Å²) < 4.78 is 0. The number of nitrogens with two attached hydrogens (primary N) is 1. The topological polar surface area (TPSA) is 232 Å². The number of aliphatic hydroxyl groups is 3. The highest BCUT2D eigenvalue weighted by Gasteiger charge is 2.32. The largest absolute Gasteiger partial charge is 0.508 e. The average molecular weight is 456 g/mol. The van der Waals surface area contributed by atoms with Crippen LogP contribution in [0.1, 0.15) is 12.5 Å². The van der Waals surface area contributed by atoms with Crippen molar-refractivity contribution in [1.82, 2.24) is 16.0 Å². The van der Waals surface area contributed by atoms with Gasteiger partial charge in [0.2, 0.25) is 17.7 Å². The van der Waals surface area contributed by atoms with E-state index >= 15 is 0 Å². The maximum Gasteiger partial charge on any atom is 0.328 e. The van der Waals surface area contributed by atoms with Gasteiger partial charge in [0.25, 0.3) is 0 Å². The predicted molar refractivity (Wildman–Crippen MR) is 109 cm³/mol. The second-order valence-electron chi connectivity index (χ2n) is 7.03. The average Bonchev–Trinajstić information content (AvgIpc) is 2.75. The van der Waals surface area contributed by atoms with E-state index in [-0.39, 0.29) is 12.2 Å². The number of phenols is 1. The third-order valence-corrected chi connectivity index (χ3v) is 4.40. The normalized spacial score (nSPS) is 15.5. The third kappa shape index (κ3) is 8.11. The van der Waals surface area contributed by atoms with Crippen LogP contribution in [-0.2, 0) is 25.6 Å². The van der Waals surface area contributed by atoms with Crippen molar-refractivity contribution in [3.63, 3.8) is 0 Å². The van der Waals surface area contributed by atoms with Crippen LogP contribution in [0.4, 0.5) is 0 Å². The van der Waals surface area contributed by atoms with Gasteiger partial charge < -0.3 is 47.2 Å². The molecule has 0 aromatic heterocycles. The number of benzene rings is 1. The number of carboxylic acid groups (broad SMARTS) is 1. The molecule has 0 fully saturated rings. The van der Waals surface area contributed by atoms with Crippen LogP contribution in [0.3, 0.4) is 0 Å². The first kappa shape index (κ1) is 26.8. The van der Waals surface area contributed by atoms with E-state index in [1.807, 2.05) is 5.32 Å². The first-order valence-electron chi connectivity index (χ1n) is 9.57. The summed E-state index contributed by atoms with van der Waals surface area (Å²) >= 11 is 0. The smallest absolute Gasteiger partial charge is 0.328 e. The van der Waals surface area contributed by atoms with Gasteiger partial charge >= 0.3 is 5.97 Å². The van der Waals surface area contributed by atoms with Gasteiger partial charge in [-0.1, -0.05) is 12.1 Å². The minimum absolute atomic E-state index is 0.0243.